The second-order valence-corrected chi connectivity index (χ2v) is 6.16. The van der Waals surface area contributed by atoms with Gasteiger partial charge in [-0.25, -0.2) is 0 Å². The molecule has 1 aliphatic heterocycles. The number of amides is 1. The van der Waals surface area contributed by atoms with Gasteiger partial charge in [0.1, 0.15) is 5.76 Å². The van der Waals surface area contributed by atoms with E-state index in [2.05, 4.69) is 10.5 Å². The molecule has 0 spiro atoms. The van der Waals surface area contributed by atoms with Crippen LogP contribution in [-0.2, 0) is 11.3 Å². The van der Waals surface area contributed by atoms with E-state index in [1.54, 1.807) is 17.0 Å². The van der Waals surface area contributed by atoms with E-state index < -0.39 is 0 Å². The summed E-state index contributed by atoms with van der Waals surface area (Å²) in [6, 6.07) is 5.39. The third-order valence-electron chi connectivity index (χ3n) is 4.15. The quantitative estimate of drug-likeness (QED) is 0.919. The molecule has 1 aromatic carbocycles. The number of ether oxygens (including phenoxy) is 1. The van der Waals surface area contributed by atoms with E-state index in [1.807, 2.05) is 19.9 Å². The number of anilines is 1. The monoisotopic (exact) mass is 349 g/mol. The highest BCUT2D eigenvalue weighted by atomic mass is 35.5. The van der Waals surface area contributed by atoms with Gasteiger partial charge < -0.3 is 19.5 Å². The molecule has 1 N–H and O–H groups in total. The zero-order valence-electron chi connectivity index (χ0n) is 13.8. The van der Waals surface area contributed by atoms with E-state index in [9.17, 15) is 4.79 Å². The Kier molecular flexibility index (Phi) is 5.06. The molecule has 1 aliphatic rings. The van der Waals surface area contributed by atoms with Gasteiger partial charge in [0.2, 0.25) is 0 Å². The van der Waals surface area contributed by atoms with E-state index >= 15 is 0 Å². The van der Waals surface area contributed by atoms with Crippen LogP contribution in [0.2, 0.25) is 5.02 Å². The van der Waals surface area contributed by atoms with E-state index in [-0.39, 0.29) is 5.91 Å². The van der Waals surface area contributed by atoms with Crippen molar-refractivity contribution < 1.29 is 14.1 Å². The number of hydrogen-bond donors (Lipinski definition) is 1. The maximum Gasteiger partial charge on any atom is 0.255 e. The third-order valence-corrected chi connectivity index (χ3v) is 4.46. The molecule has 1 fully saturated rings. The fourth-order valence-electron chi connectivity index (χ4n) is 2.68. The van der Waals surface area contributed by atoms with Crippen molar-refractivity contribution in [3.63, 3.8) is 0 Å². The molecule has 6 nitrogen and oxygen atoms in total. The molecule has 0 unspecified atom stereocenters. The van der Waals surface area contributed by atoms with Gasteiger partial charge in [0.25, 0.3) is 5.91 Å². The average molecular weight is 350 g/mol. The molecule has 0 aliphatic carbocycles. The minimum absolute atomic E-state index is 0.0550. The Morgan fingerprint density at radius 3 is 2.71 bits per heavy atom. The first-order chi connectivity index (χ1) is 11.6. The number of halogens is 1. The molecular formula is C17H20ClN3O3. The summed E-state index contributed by atoms with van der Waals surface area (Å²) < 4.78 is 10.4. The second kappa shape index (κ2) is 7.23. The van der Waals surface area contributed by atoms with Gasteiger partial charge >= 0.3 is 0 Å². The van der Waals surface area contributed by atoms with Crippen molar-refractivity contribution in [1.29, 1.82) is 0 Å². The maximum absolute atomic E-state index is 12.5. The highest BCUT2D eigenvalue weighted by Gasteiger charge is 2.20. The SMILES string of the molecule is Cc1noc(C)c1CNc1ccc(C(=O)N2CCOCC2)c(Cl)c1. The van der Waals surface area contributed by atoms with Crippen molar-refractivity contribution in [1.82, 2.24) is 10.1 Å². The molecule has 1 aromatic heterocycles. The number of carbonyl (C=O) groups excluding carboxylic acids is 1. The smallest absolute Gasteiger partial charge is 0.255 e. The van der Waals surface area contributed by atoms with E-state index in [0.717, 1.165) is 22.7 Å². The molecular weight excluding hydrogens is 330 g/mol. The number of carbonyl (C=O) groups is 1. The molecule has 0 radical (unpaired) electrons. The number of hydrogen-bond acceptors (Lipinski definition) is 5. The van der Waals surface area contributed by atoms with Gasteiger partial charge in [-0.15, -0.1) is 0 Å². The van der Waals surface area contributed by atoms with Gasteiger partial charge in [-0.1, -0.05) is 16.8 Å². The van der Waals surface area contributed by atoms with Crippen molar-refractivity contribution in [3.8, 4) is 0 Å². The van der Waals surface area contributed by atoms with Gasteiger partial charge in [0.15, 0.2) is 0 Å². The van der Waals surface area contributed by atoms with Crippen molar-refractivity contribution in [2.75, 3.05) is 31.6 Å². The van der Waals surface area contributed by atoms with Gasteiger partial charge in [0, 0.05) is 30.9 Å². The standard InChI is InChI=1S/C17H20ClN3O3/c1-11-15(12(2)24-20-11)10-19-13-3-4-14(16(18)9-13)17(22)21-5-7-23-8-6-21/h3-4,9,19H,5-8,10H2,1-2H3. The molecule has 128 valence electrons. The number of aromatic nitrogens is 1. The highest BCUT2D eigenvalue weighted by Crippen LogP contribution is 2.24. The van der Waals surface area contributed by atoms with Crippen LogP contribution in [-0.4, -0.2) is 42.3 Å². The van der Waals surface area contributed by atoms with Crippen molar-refractivity contribution in [2.45, 2.75) is 20.4 Å². The maximum atomic E-state index is 12.5. The lowest BCUT2D eigenvalue weighted by Gasteiger charge is -2.27. The first-order valence-corrected chi connectivity index (χ1v) is 8.26. The largest absolute Gasteiger partial charge is 0.381 e. The minimum Gasteiger partial charge on any atom is -0.381 e. The topological polar surface area (TPSA) is 67.6 Å². The van der Waals surface area contributed by atoms with Crippen LogP contribution < -0.4 is 5.32 Å². The molecule has 0 bridgehead atoms. The van der Waals surface area contributed by atoms with Crippen LogP contribution >= 0.6 is 11.6 Å². The number of nitrogens with one attached hydrogen (secondary N) is 1. The lowest BCUT2D eigenvalue weighted by atomic mass is 10.1. The minimum atomic E-state index is -0.0550. The molecule has 2 aromatic rings. The van der Waals surface area contributed by atoms with E-state index in [0.29, 0.717) is 43.4 Å². The molecule has 1 amide bonds. The zero-order valence-corrected chi connectivity index (χ0v) is 14.5. The Morgan fingerprint density at radius 1 is 1.33 bits per heavy atom. The van der Waals surface area contributed by atoms with Crippen LogP contribution in [0.3, 0.4) is 0 Å². The normalized spacial score (nSPS) is 14.7. The molecule has 1 saturated heterocycles. The Hall–Kier alpha value is -2.05. The summed E-state index contributed by atoms with van der Waals surface area (Å²) in [6.45, 7) is 6.72. The van der Waals surface area contributed by atoms with Crippen LogP contribution in [0.15, 0.2) is 22.7 Å². The lowest BCUT2D eigenvalue weighted by Crippen LogP contribution is -2.40. The van der Waals surface area contributed by atoms with Crippen LogP contribution in [0.1, 0.15) is 27.4 Å². The summed E-state index contributed by atoms with van der Waals surface area (Å²) in [7, 11) is 0. The number of aryl methyl sites for hydroxylation is 2. The Morgan fingerprint density at radius 2 is 2.08 bits per heavy atom. The Bertz CT molecular complexity index is 719. The van der Waals surface area contributed by atoms with Crippen LogP contribution in [0.25, 0.3) is 0 Å². The summed E-state index contributed by atoms with van der Waals surface area (Å²) >= 11 is 6.32. The van der Waals surface area contributed by atoms with Crippen molar-refractivity contribution in [3.05, 3.63) is 45.8 Å². The van der Waals surface area contributed by atoms with Crippen LogP contribution in [0.4, 0.5) is 5.69 Å². The molecule has 0 saturated carbocycles. The number of rotatable bonds is 4. The van der Waals surface area contributed by atoms with Crippen LogP contribution in [0.5, 0.6) is 0 Å². The fraction of sp³-hybridized carbons (Fsp3) is 0.412. The predicted octanol–water partition coefficient (Wildman–Crippen LogP) is 3.03. The number of benzene rings is 1. The molecule has 0 atom stereocenters. The summed E-state index contributed by atoms with van der Waals surface area (Å²) in [5, 5.41) is 7.66. The summed E-state index contributed by atoms with van der Waals surface area (Å²) in [4.78, 5) is 14.3. The van der Waals surface area contributed by atoms with Gasteiger partial charge in [-0.3, -0.25) is 4.79 Å². The predicted molar refractivity (Wildman–Crippen MR) is 91.5 cm³/mol. The summed E-state index contributed by atoms with van der Waals surface area (Å²) in [5.74, 6) is 0.741. The fourth-order valence-corrected chi connectivity index (χ4v) is 2.94. The highest BCUT2D eigenvalue weighted by molar-refractivity contribution is 6.34. The van der Waals surface area contributed by atoms with E-state index in [1.165, 1.54) is 0 Å². The Labute approximate surface area is 145 Å². The molecule has 24 heavy (non-hydrogen) atoms. The first kappa shape index (κ1) is 16.8. The van der Waals surface area contributed by atoms with E-state index in [4.69, 9.17) is 20.9 Å². The lowest BCUT2D eigenvalue weighted by molar-refractivity contribution is 0.0303. The van der Waals surface area contributed by atoms with Gasteiger partial charge in [-0.05, 0) is 32.0 Å². The summed E-state index contributed by atoms with van der Waals surface area (Å²) in [6.07, 6.45) is 0. The van der Waals surface area contributed by atoms with Crippen LogP contribution in [0, 0.1) is 13.8 Å². The van der Waals surface area contributed by atoms with Gasteiger partial charge in [0.05, 0.1) is 29.5 Å². The average Bonchev–Trinajstić information content (AvgIpc) is 2.91. The summed E-state index contributed by atoms with van der Waals surface area (Å²) in [5.41, 5.74) is 3.25. The first-order valence-electron chi connectivity index (χ1n) is 7.88. The number of nitrogens with zero attached hydrogens (tertiary/aromatic N) is 2. The Balaban J connectivity index is 1.69. The van der Waals surface area contributed by atoms with Gasteiger partial charge in [-0.2, -0.15) is 0 Å². The van der Waals surface area contributed by atoms with Crippen molar-refractivity contribution >= 4 is 23.2 Å². The zero-order chi connectivity index (χ0) is 17.1. The molecule has 7 heteroatoms. The molecule has 2 heterocycles. The molecule has 3 rings (SSSR count). The second-order valence-electron chi connectivity index (χ2n) is 5.76. The number of morpholine rings is 1. The van der Waals surface area contributed by atoms with Crippen molar-refractivity contribution in [2.24, 2.45) is 0 Å². The third kappa shape index (κ3) is 3.55.